The predicted molar refractivity (Wildman–Crippen MR) is 121 cm³/mol. The summed E-state index contributed by atoms with van der Waals surface area (Å²) in [6.07, 6.45) is -5.59. The molecular weight excluding hydrogens is 510 g/mol. The zero-order valence-corrected chi connectivity index (χ0v) is 19.4. The molecule has 0 spiro atoms. The molecule has 2 aromatic heterocycles. The van der Waals surface area contributed by atoms with Crippen LogP contribution in [0.4, 0.5) is 17.6 Å². The summed E-state index contributed by atoms with van der Waals surface area (Å²) < 4.78 is 63.8. The van der Waals surface area contributed by atoms with E-state index >= 15 is 0 Å². The molecule has 0 radical (unpaired) electrons. The molecule has 0 unspecified atom stereocenters. The summed E-state index contributed by atoms with van der Waals surface area (Å²) in [6.45, 7) is 0. The van der Waals surface area contributed by atoms with Gasteiger partial charge in [0.05, 0.1) is 18.4 Å². The molecule has 0 aliphatic carbocycles. The van der Waals surface area contributed by atoms with E-state index in [1.807, 2.05) is 0 Å². The number of nitrogens with zero attached hydrogens (tertiary/aromatic N) is 1. The summed E-state index contributed by atoms with van der Waals surface area (Å²) in [5, 5.41) is 10.9. The first-order chi connectivity index (χ1) is 16.5. The molecule has 0 bridgehead atoms. The van der Waals surface area contributed by atoms with Gasteiger partial charge in [0.15, 0.2) is 4.34 Å². The van der Waals surface area contributed by atoms with Gasteiger partial charge in [0.25, 0.3) is 0 Å². The molecule has 0 saturated carbocycles. The number of aromatic nitrogens is 1. The first-order valence-corrected chi connectivity index (χ1v) is 11.5. The highest BCUT2D eigenvalue weighted by Gasteiger charge is 2.57. The Balaban J connectivity index is 1.66. The molecule has 1 N–H and O–H groups in total. The molecular formula is C23H15F4NO5S2. The summed E-state index contributed by atoms with van der Waals surface area (Å²) in [5.41, 5.74) is -2.73. The van der Waals surface area contributed by atoms with Crippen LogP contribution in [0, 0.1) is 5.82 Å². The Labute approximate surface area is 203 Å². The lowest BCUT2D eigenvalue weighted by Crippen LogP contribution is -2.43. The van der Waals surface area contributed by atoms with Gasteiger partial charge in [-0.25, -0.2) is 14.2 Å². The van der Waals surface area contributed by atoms with Gasteiger partial charge in [-0.15, -0.1) is 11.3 Å². The number of methoxy groups -OCH3 is 1. The Bertz CT molecular complexity index is 1450. The van der Waals surface area contributed by atoms with Crippen molar-refractivity contribution in [2.24, 2.45) is 0 Å². The largest absolute Gasteiger partial charge is 0.469 e. The number of carbonyl (C=O) groups is 1. The smallest absolute Gasteiger partial charge is 0.422 e. The Kier molecular flexibility index (Phi) is 6.71. The number of fused-ring (bicyclic) bond motifs is 1. The van der Waals surface area contributed by atoms with E-state index in [9.17, 15) is 32.3 Å². The topological polar surface area (TPSA) is 89.6 Å². The van der Waals surface area contributed by atoms with E-state index in [0.29, 0.717) is 32.7 Å². The van der Waals surface area contributed by atoms with Crippen molar-refractivity contribution in [3.8, 4) is 11.1 Å². The normalized spacial score (nSPS) is 13.5. The van der Waals surface area contributed by atoms with Gasteiger partial charge >= 0.3 is 17.8 Å². The summed E-state index contributed by atoms with van der Waals surface area (Å²) in [7, 11) is 0.923. The second-order valence-corrected chi connectivity index (χ2v) is 9.70. The summed E-state index contributed by atoms with van der Waals surface area (Å²) in [6, 6.07) is 11.7. The average Bonchev–Trinajstić information content (AvgIpc) is 3.27. The molecule has 4 rings (SSSR count). The maximum Gasteiger partial charge on any atom is 0.422 e. The third-order valence-corrected chi connectivity index (χ3v) is 7.28. The number of aliphatic hydroxyl groups is 1. The third kappa shape index (κ3) is 5.09. The summed E-state index contributed by atoms with van der Waals surface area (Å²) in [5.74, 6) is -1.65. The molecule has 6 nitrogen and oxygen atoms in total. The minimum Gasteiger partial charge on any atom is -0.469 e. The van der Waals surface area contributed by atoms with E-state index in [1.54, 1.807) is 12.1 Å². The monoisotopic (exact) mass is 525 g/mol. The zero-order chi connectivity index (χ0) is 25.4. The van der Waals surface area contributed by atoms with Crippen molar-refractivity contribution in [3.05, 3.63) is 75.8 Å². The quantitative estimate of drug-likeness (QED) is 0.201. The molecule has 0 aliphatic rings. The van der Waals surface area contributed by atoms with Gasteiger partial charge in [-0.3, -0.25) is 4.79 Å². The second kappa shape index (κ2) is 9.44. The van der Waals surface area contributed by atoms with E-state index in [4.69, 9.17) is 4.42 Å². The highest BCUT2D eigenvalue weighted by Crippen LogP contribution is 2.46. The number of thiazole rings is 1. The molecule has 0 aliphatic heterocycles. The molecule has 2 heterocycles. The number of hydrogen-bond donors (Lipinski definition) is 1. The summed E-state index contributed by atoms with van der Waals surface area (Å²) >= 11 is 1.56. The molecule has 4 aromatic rings. The lowest BCUT2D eigenvalue weighted by molar-refractivity contribution is -0.268. The average molecular weight is 526 g/mol. The maximum absolute atomic E-state index is 13.6. The van der Waals surface area contributed by atoms with E-state index in [0.717, 1.165) is 25.1 Å². The zero-order valence-electron chi connectivity index (χ0n) is 17.8. The molecule has 2 aromatic carbocycles. The van der Waals surface area contributed by atoms with Gasteiger partial charge < -0.3 is 14.3 Å². The van der Waals surface area contributed by atoms with Crippen molar-refractivity contribution in [1.82, 2.24) is 4.98 Å². The first kappa shape index (κ1) is 24.9. The number of carbonyl (C=O) groups excluding carboxylic acids is 1. The van der Waals surface area contributed by atoms with Crippen LogP contribution in [-0.4, -0.2) is 29.3 Å². The van der Waals surface area contributed by atoms with Crippen molar-refractivity contribution in [1.29, 1.82) is 0 Å². The number of hydrogen-bond acceptors (Lipinski definition) is 8. The van der Waals surface area contributed by atoms with Crippen molar-refractivity contribution < 1.29 is 36.6 Å². The molecule has 35 heavy (non-hydrogen) atoms. The highest BCUT2D eigenvalue weighted by atomic mass is 32.2. The van der Waals surface area contributed by atoms with E-state index < -0.39 is 40.5 Å². The molecule has 1 atom stereocenters. The Morgan fingerprint density at radius 1 is 1.17 bits per heavy atom. The Morgan fingerprint density at radius 2 is 1.89 bits per heavy atom. The fourth-order valence-electron chi connectivity index (χ4n) is 3.28. The summed E-state index contributed by atoms with van der Waals surface area (Å²) in [4.78, 5) is 27.5. The van der Waals surface area contributed by atoms with Gasteiger partial charge in [-0.1, -0.05) is 23.9 Å². The van der Waals surface area contributed by atoms with Gasteiger partial charge in [0.1, 0.15) is 11.4 Å². The van der Waals surface area contributed by atoms with Crippen LogP contribution in [-0.2, 0) is 15.1 Å². The van der Waals surface area contributed by atoms with Gasteiger partial charge in [-0.05, 0) is 41.5 Å². The number of rotatable bonds is 6. The Hall–Kier alpha value is -3.22. The van der Waals surface area contributed by atoms with Crippen LogP contribution in [0.2, 0.25) is 0 Å². The SMILES string of the molecule is COC(=O)C[C@](O)(c1cnc(Sc2ccc3c(-c4ccc(F)cc4)cc(=O)oc3c2)s1)C(F)(F)F. The van der Waals surface area contributed by atoms with Crippen molar-refractivity contribution >= 4 is 40.0 Å². The standard InChI is InChI=1S/C23H15F4NO5S2/c1-32-20(30)10-22(31,23(25,26)27)18-11-28-21(35-18)34-14-6-7-15-16(9-19(29)33-17(15)8-14)12-2-4-13(24)5-3-12/h2-9,11,31H,10H2,1H3/t22-/m0/s1. The van der Waals surface area contributed by atoms with Crippen LogP contribution in [0.15, 0.2) is 73.2 Å². The maximum atomic E-state index is 13.6. The van der Waals surface area contributed by atoms with Crippen LogP contribution in [0.25, 0.3) is 22.1 Å². The number of esters is 1. The lowest BCUT2D eigenvalue weighted by Gasteiger charge is -2.27. The minimum absolute atomic E-state index is 0.156. The second-order valence-electron chi connectivity index (χ2n) is 7.35. The van der Waals surface area contributed by atoms with Gasteiger partial charge in [-0.2, -0.15) is 13.2 Å². The van der Waals surface area contributed by atoms with Crippen LogP contribution in [0.3, 0.4) is 0 Å². The lowest BCUT2D eigenvalue weighted by atomic mass is 9.97. The van der Waals surface area contributed by atoms with Gasteiger partial charge in [0, 0.05) is 22.5 Å². The predicted octanol–water partition coefficient (Wildman–Crippen LogP) is 5.52. The fourth-order valence-corrected chi connectivity index (χ4v) is 5.37. The van der Waals surface area contributed by atoms with Crippen molar-refractivity contribution in [3.63, 3.8) is 0 Å². The van der Waals surface area contributed by atoms with E-state index in [1.165, 1.54) is 36.4 Å². The number of alkyl halides is 3. The molecule has 0 fully saturated rings. The molecule has 182 valence electrons. The van der Waals surface area contributed by atoms with E-state index in [-0.39, 0.29) is 9.92 Å². The Morgan fingerprint density at radius 3 is 2.54 bits per heavy atom. The van der Waals surface area contributed by atoms with Crippen LogP contribution >= 0.6 is 23.1 Å². The fraction of sp³-hybridized carbons (Fsp3) is 0.174. The molecule has 12 heteroatoms. The minimum atomic E-state index is -5.14. The van der Waals surface area contributed by atoms with E-state index in [2.05, 4.69) is 9.72 Å². The van der Waals surface area contributed by atoms with Gasteiger partial charge in [0.2, 0.25) is 5.60 Å². The number of ether oxygens (including phenoxy) is 1. The highest BCUT2D eigenvalue weighted by molar-refractivity contribution is 8.01. The number of halogens is 4. The van der Waals surface area contributed by atoms with Crippen LogP contribution in [0.1, 0.15) is 11.3 Å². The van der Waals surface area contributed by atoms with Crippen LogP contribution < -0.4 is 5.63 Å². The van der Waals surface area contributed by atoms with Crippen molar-refractivity contribution in [2.45, 2.75) is 27.4 Å². The first-order valence-electron chi connectivity index (χ1n) is 9.84. The molecule has 0 amide bonds. The molecule has 0 saturated heterocycles. The van der Waals surface area contributed by atoms with Crippen LogP contribution in [0.5, 0.6) is 0 Å². The number of benzene rings is 2. The van der Waals surface area contributed by atoms with Crippen molar-refractivity contribution in [2.75, 3.05) is 7.11 Å². The third-order valence-electron chi connectivity index (χ3n) is 5.07.